The van der Waals surface area contributed by atoms with Crippen molar-refractivity contribution in [2.24, 2.45) is 0 Å². The number of rotatable bonds is 15. The zero-order valence-corrected chi connectivity index (χ0v) is 22.0. The Kier molecular flexibility index (Phi) is 9.07. The summed E-state index contributed by atoms with van der Waals surface area (Å²) in [4.78, 5) is 30.9. The predicted molar refractivity (Wildman–Crippen MR) is 143 cm³/mol. The molecule has 0 bridgehead atoms. The summed E-state index contributed by atoms with van der Waals surface area (Å²) < 4.78 is 0. The lowest BCUT2D eigenvalue weighted by molar-refractivity contribution is 0.0651. The Labute approximate surface area is 212 Å². The summed E-state index contributed by atoms with van der Waals surface area (Å²) in [5.74, 6) is -0.377. The number of aryl methyl sites for hydroxylation is 1. The summed E-state index contributed by atoms with van der Waals surface area (Å²) in [7, 11) is 0. The Bertz CT molecular complexity index is 1140. The van der Waals surface area contributed by atoms with Gasteiger partial charge in [0.15, 0.2) is 0 Å². The van der Waals surface area contributed by atoms with Crippen molar-refractivity contribution < 1.29 is 9.59 Å². The van der Waals surface area contributed by atoms with Gasteiger partial charge in [0.2, 0.25) is 0 Å². The molecule has 0 spiro atoms. The second kappa shape index (κ2) is 12.4. The first kappa shape index (κ1) is 25.5. The van der Waals surface area contributed by atoms with Crippen molar-refractivity contribution >= 4 is 34.2 Å². The monoisotopic (exact) mass is 494 g/mol. The lowest BCUT2D eigenvalue weighted by Crippen LogP contribution is -2.30. The van der Waals surface area contributed by atoms with Crippen molar-refractivity contribution in [2.75, 3.05) is 6.54 Å². The van der Waals surface area contributed by atoms with Crippen molar-refractivity contribution in [2.45, 2.75) is 97.4 Å². The third-order valence-corrected chi connectivity index (χ3v) is 7.75. The van der Waals surface area contributed by atoms with Crippen LogP contribution in [0.4, 0.5) is 0 Å². The maximum Gasteiger partial charge on any atom is 0.262 e. The van der Waals surface area contributed by atoms with Crippen LogP contribution < -0.4 is 0 Å². The van der Waals surface area contributed by atoms with Crippen LogP contribution in [0.3, 0.4) is 0 Å². The highest BCUT2D eigenvalue weighted by Crippen LogP contribution is 2.39. The first-order chi connectivity index (χ1) is 17.2. The SMILES string of the molecule is CCCCCCCCN1C(=O)c2cc3nn(CCCCCCCC)nc3c(-c3cccs3)c2C1=O. The Hall–Kier alpha value is -2.54. The molecule has 0 fully saturated rings. The van der Waals surface area contributed by atoms with Gasteiger partial charge >= 0.3 is 0 Å². The van der Waals surface area contributed by atoms with Gasteiger partial charge in [0, 0.05) is 17.0 Å². The molecule has 4 rings (SSSR count). The van der Waals surface area contributed by atoms with Crippen LogP contribution in [-0.2, 0) is 6.54 Å². The first-order valence-corrected chi connectivity index (χ1v) is 14.4. The van der Waals surface area contributed by atoms with Gasteiger partial charge in [0.05, 0.1) is 17.7 Å². The maximum absolute atomic E-state index is 13.5. The molecule has 6 nitrogen and oxygen atoms in total. The molecule has 2 aromatic heterocycles. The molecule has 0 radical (unpaired) electrons. The molecular formula is C28H38N4O2S. The zero-order valence-electron chi connectivity index (χ0n) is 21.2. The van der Waals surface area contributed by atoms with E-state index in [0.29, 0.717) is 23.2 Å². The van der Waals surface area contributed by atoms with Crippen LogP contribution in [0.5, 0.6) is 0 Å². The Morgan fingerprint density at radius 1 is 0.771 bits per heavy atom. The van der Waals surface area contributed by atoms with E-state index in [2.05, 4.69) is 13.8 Å². The molecule has 7 heteroatoms. The van der Waals surface area contributed by atoms with Crippen LogP contribution in [-0.4, -0.2) is 38.3 Å². The third kappa shape index (κ3) is 5.83. The standard InChI is InChI=1S/C28H38N4O2S/c1-3-5-7-9-11-13-17-31-27(33)21-20-22-26(25(24(21)28(31)34)23-16-15-19-35-23)30-32(29-22)18-14-12-10-8-6-4-2/h15-16,19-20H,3-14,17-18H2,1-2H3. The Balaban J connectivity index is 1.55. The minimum Gasteiger partial charge on any atom is -0.274 e. The smallest absolute Gasteiger partial charge is 0.262 e. The number of amides is 2. The van der Waals surface area contributed by atoms with Gasteiger partial charge in [-0.1, -0.05) is 84.1 Å². The Morgan fingerprint density at radius 2 is 1.43 bits per heavy atom. The Morgan fingerprint density at radius 3 is 2.09 bits per heavy atom. The maximum atomic E-state index is 13.5. The molecule has 0 N–H and O–H groups in total. The summed E-state index contributed by atoms with van der Waals surface area (Å²) in [6.07, 6.45) is 14.0. The van der Waals surface area contributed by atoms with Crippen molar-refractivity contribution in [3.05, 3.63) is 34.7 Å². The summed E-state index contributed by atoms with van der Waals surface area (Å²) in [6, 6.07) is 5.76. The zero-order chi connectivity index (χ0) is 24.6. The van der Waals surface area contributed by atoms with Crippen LogP contribution in [0.25, 0.3) is 21.5 Å². The average Bonchev–Trinajstić information content (AvgIpc) is 3.58. The number of unbranched alkanes of at least 4 members (excludes halogenated alkanes) is 10. The molecule has 0 aliphatic carbocycles. The van der Waals surface area contributed by atoms with Gasteiger partial charge in [-0.25, -0.2) is 0 Å². The highest BCUT2D eigenvalue weighted by atomic mass is 32.1. The van der Waals surface area contributed by atoms with E-state index in [0.717, 1.165) is 54.6 Å². The van der Waals surface area contributed by atoms with Crippen molar-refractivity contribution in [1.82, 2.24) is 19.9 Å². The fraction of sp³-hybridized carbons (Fsp3) is 0.571. The van der Waals surface area contributed by atoms with Crippen molar-refractivity contribution in [3.63, 3.8) is 0 Å². The molecule has 3 aromatic rings. The largest absolute Gasteiger partial charge is 0.274 e. The number of fused-ring (bicyclic) bond motifs is 2. The van der Waals surface area contributed by atoms with E-state index >= 15 is 0 Å². The number of thiophene rings is 1. The van der Waals surface area contributed by atoms with E-state index in [4.69, 9.17) is 10.2 Å². The second-order valence-electron chi connectivity index (χ2n) is 9.61. The number of hydrogen-bond donors (Lipinski definition) is 0. The normalized spacial score (nSPS) is 13.4. The molecule has 0 saturated carbocycles. The molecule has 1 aliphatic rings. The van der Waals surface area contributed by atoms with E-state index in [1.807, 2.05) is 17.5 Å². The number of aromatic nitrogens is 3. The van der Waals surface area contributed by atoms with Gasteiger partial charge in [-0.2, -0.15) is 15.0 Å². The quantitative estimate of drug-likeness (QED) is 0.162. The van der Waals surface area contributed by atoms with Gasteiger partial charge in [-0.3, -0.25) is 14.5 Å². The van der Waals surface area contributed by atoms with Crippen LogP contribution in [0.2, 0.25) is 0 Å². The lowest BCUT2D eigenvalue weighted by atomic mass is 9.99. The summed E-state index contributed by atoms with van der Waals surface area (Å²) in [6.45, 7) is 5.66. The molecular weight excluding hydrogens is 456 g/mol. The molecule has 0 saturated heterocycles. The second-order valence-corrected chi connectivity index (χ2v) is 10.6. The molecule has 0 atom stereocenters. The minimum atomic E-state index is -0.191. The number of carbonyl (C=O) groups is 2. The van der Waals surface area contributed by atoms with E-state index in [-0.39, 0.29) is 11.8 Å². The fourth-order valence-electron chi connectivity index (χ4n) is 4.91. The number of nitrogens with zero attached hydrogens (tertiary/aromatic N) is 4. The van der Waals surface area contributed by atoms with Gasteiger partial charge in [-0.15, -0.1) is 11.3 Å². The van der Waals surface area contributed by atoms with Crippen LogP contribution in [0, 0.1) is 0 Å². The van der Waals surface area contributed by atoms with Gasteiger partial charge < -0.3 is 0 Å². The molecule has 1 aliphatic heterocycles. The number of carbonyl (C=O) groups excluding carboxylic acids is 2. The molecule has 1 aromatic carbocycles. The molecule has 3 heterocycles. The van der Waals surface area contributed by atoms with Crippen LogP contribution in [0.15, 0.2) is 23.6 Å². The highest BCUT2D eigenvalue weighted by Gasteiger charge is 2.39. The van der Waals surface area contributed by atoms with Gasteiger partial charge in [-0.05, 0) is 30.4 Å². The van der Waals surface area contributed by atoms with Crippen molar-refractivity contribution in [3.8, 4) is 10.4 Å². The van der Waals surface area contributed by atoms with Gasteiger partial charge in [0.25, 0.3) is 11.8 Å². The molecule has 188 valence electrons. The summed E-state index contributed by atoms with van der Waals surface area (Å²) in [5.41, 5.74) is 3.16. The minimum absolute atomic E-state index is 0.186. The number of benzene rings is 1. The molecule has 2 amide bonds. The number of imide groups is 1. The van der Waals surface area contributed by atoms with Crippen molar-refractivity contribution in [1.29, 1.82) is 0 Å². The molecule has 0 unspecified atom stereocenters. The van der Waals surface area contributed by atoms with Crippen LogP contribution in [0.1, 0.15) is 112 Å². The van der Waals surface area contributed by atoms with Gasteiger partial charge in [0.1, 0.15) is 11.0 Å². The predicted octanol–water partition coefficient (Wildman–Crippen LogP) is 7.48. The first-order valence-electron chi connectivity index (χ1n) is 13.5. The number of hydrogen-bond acceptors (Lipinski definition) is 5. The fourth-order valence-corrected chi connectivity index (χ4v) is 5.69. The lowest BCUT2D eigenvalue weighted by Gasteiger charge is -2.13. The molecule has 35 heavy (non-hydrogen) atoms. The third-order valence-electron chi connectivity index (χ3n) is 6.87. The van der Waals surface area contributed by atoms with E-state index in [9.17, 15) is 9.59 Å². The van der Waals surface area contributed by atoms with E-state index in [1.54, 1.807) is 22.2 Å². The highest BCUT2D eigenvalue weighted by molar-refractivity contribution is 7.13. The summed E-state index contributed by atoms with van der Waals surface area (Å²) >= 11 is 1.57. The topological polar surface area (TPSA) is 68.1 Å². The van der Waals surface area contributed by atoms with E-state index in [1.165, 1.54) is 49.8 Å². The summed E-state index contributed by atoms with van der Waals surface area (Å²) in [5, 5.41) is 11.5. The van der Waals surface area contributed by atoms with Crippen LogP contribution >= 0.6 is 11.3 Å². The average molecular weight is 495 g/mol. The van der Waals surface area contributed by atoms with E-state index < -0.39 is 0 Å².